The molecule has 19 heavy (non-hydrogen) atoms. The van der Waals surface area contributed by atoms with Crippen LogP contribution in [0.1, 0.15) is 5.76 Å². The zero-order valence-electron chi connectivity index (χ0n) is 10.4. The zero-order valence-corrected chi connectivity index (χ0v) is 10.4. The topological polar surface area (TPSA) is 54.3 Å². The molecule has 2 rings (SSSR count). The summed E-state index contributed by atoms with van der Waals surface area (Å²) < 4.78 is 17.8. The van der Waals surface area contributed by atoms with Crippen molar-refractivity contribution in [1.82, 2.24) is 5.32 Å². The minimum Gasteiger partial charge on any atom is -0.469 e. The Morgan fingerprint density at radius 3 is 2.68 bits per heavy atom. The van der Waals surface area contributed by atoms with E-state index in [1.54, 1.807) is 6.26 Å². The number of hydrogen-bond acceptors (Lipinski definition) is 3. The lowest BCUT2D eigenvalue weighted by Gasteiger charge is -2.06. The van der Waals surface area contributed by atoms with E-state index in [-0.39, 0.29) is 18.3 Å². The van der Waals surface area contributed by atoms with Crippen LogP contribution in [0.5, 0.6) is 0 Å². The smallest absolute Gasteiger partial charge is 0.238 e. The van der Waals surface area contributed by atoms with Crippen molar-refractivity contribution in [3.8, 4) is 0 Å². The summed E-state index contributed by atoms with van der Waals surface area (Å²) in [5.41, 5.74) is 0.583. The van der Waals surface area contributed by atoms with Gasteiger partial charge in [-0.15, -0.1) is 0 Å². The molecule has 1 aromatic carbocycles. The van der Waals surface area contributed by atoms with Crippen LogP contribution in [0.2, 0.25) is 0 Å². The molecule has 0 saturated heterocycles. The van der Waals surface area contributed by atoms with E-state index in [1.165, 1.54) is 24.3 Å². The van der Waals surface area contributed by atoms with Crippen LogP contribution >= 0.6 is 0 Å². The second-order valence-electron chi connectivity index (χ2n) is 4.06. The molecule has 0 fully saturated rings. The average molecular weight is 262 g/mol. The Morgan fingerprint density at radius 2 is 2.00 bits per heavy atom. The monoisotopic (exact) mass is 262 g/mol. The predicted molar refractivity (Wildman–Crippen MR) is 70.3 cm³/mol. The standard InChI is InChI=1S/C14H15FN2O2/c15-11-3-5-12(6-4-11)17-14(18)10-16-8-7-13-2-1-9-19-13/h1-6,9,16H,7-8,10H2,(H,17,18). The molecule has 5 heteroatoms. The van der Waals surface area contributed by atoms with Gasteiger partial charge in [-0.25, -0.2) is 4.39 Å². The molecule has 0 spiro atoms. The minimum absolute atomic E-state index is 0.161. The number of amides is 1. The third-order valence-corrected chi connectivity index (χ3v) is 2.54. The van der Waals surface area contributed by atoms with Crippen molar-refractivity contribution in [2.75, 3.05) is 18.4 Å². The van der Waals surface area contributed by atoms with E-state index in [2.05, 4.69) is 10.6 Å². The van der Waals surface area contributed by atoms with Gasteiger partial charge in [0.25, 0.3) is 0 Å². The summed E-state index contributed by atoms with van der Waals surface area (Å²) >= 11 is 0. The maximum Gasteiger partial charge on any atom is 0.238 e. The Kier molecular flexibility index (Phi) is 4.69. The molecule has 4 nitrogen and oxygen atoms in total. The lowest BCUT2D eigenvalue weighted by molar-refractivity contribution is -0.115. The van der Waals surface area contributed by atoms with Gasteiger partial charge in [0.1, 0.15) is 11.6 Å². The number of carbonyl (C=O) groups excluding carboxylic acids is 1. The number of hydrogen-bond donors (Lipinski definition) is 2. The Morgan fingerprint density at radius 1 is 1.21 bits per heavy atom. The zero-order chi connectivity index (χ0) is 13.5. The highest BCUT2D eigenvalue weighted by Crippen LogP contribution is 2.07. The summed E-state index contributed by atoms with van der Waals surface area (Å²) in [5, 5.41) is 5.68. The lowest BCUT2D eigenvalue weighted by Crippen LogP contribution is -2.29. The second-order valence-corrected chi connectivity index (χ2v) is 4.06. The van der Waals surface area contributed by atoms with Crippen LogP contribution in [0.3, 0.4) is 0 Å². The molecule has 1 amide bonds. The second kappa shape index (κ2) is 6.70. The van der Waals surface area contributed by atoms with Crippen LogP contribution in [-0.2, 0) is 11.2 Å². The van der Waals surface area contributed by atoms with Crippen molar-refractivity contribution in [2.24, 2.45) is 0 Å². The van der Waals surface area contributed by atoms with Gasteiger partial charge >= 0.3 is 0 Å². The van der Waals surface area contributed by atoms with Crippen LogP contribution < -0.4 is 10.6 Å². The first-order valence-corrected chi connectivity index (χ1v) is 6.02. The first-order valence-electron chi connectivity index (χ1n) is 6.02. The molecule has 0 aliphatic rings. The van der Waals surface area contributed by atoms with Crippen molar-refractivity contribution in [2.45, 2.75) is 6.42 Å². The Balaban J connectivity index is 1.65. The van der Waals surface area contributed by atoms with Gasteiger partial charge in [0.05, 0.1) is 12.8 Å². The Bertz CT molecular complexity index is 509. The van der Waals surface area contributed by atoms with Crippen molar-refractivity contribution in [1.29, 1.82) is 0 Å². The summed E-state index contributed by atoms with van der Waals surface area (Å²) in [5.74, 6) is 0.395. The molecule has 0 atom stereocenters. The molecule has 100 valence electrons. The third kappa shape index (κ3) is 4.56. The van der Waals surface area contributed by atoms with Gasteiger partial charge in [-0.3, -0.25) is 4.79 Å². The normalized spacial score (nSPS) is 10.4. The van der Waals surface area contributed by atoms with E-state index in [4.69, 9.17) is 4.42 Å². The molecule has 0 radical (unpaired) electrons. The van der Waals surface area contributed by atoms with Gasteiger partial charge in [-0.05, 0) is 36.4 Å². The minimum atomic E-state index is -0.324. The Hall–Kier alpha value is -2.14. The molecule has 0 saturated carbocycles. The SMILES string of the molecule is O=C(CNCCc1ccco1)Nc1ccc(F)cc1. The first-order chi connectivity index (χ1) is 9.24. The third-order valence-electron chi connectivity index (χ3n) is 2.54. The Labute approximate surface area is 110 Å². The average Bonchev–Trinajstić information content (AvgIpc) is 2.91. The molecule has 2 aromatic rings. The summed E-state index contributed by atoms with van der Waals surface area (Å²) in [6.07, 6.45) is 2.35. The molecule has 2 N–H and O–H groups in total. The highest BCUT2D eigenvalue weighted by molar-refractivity contribution is 5.92. The number of nitrogens with one attached hydrogen (secondary N) is 2. The van der Waals surface area contributed by atoms with Crippen molar-refractivity contribution in [3.05, 3.63) is 54.2 Å². The van der Waals surface area contributed by atoms with Crippen LogP contribution in [0.4, 0.5) is 10.1 Å². The maximum absolute atomic E-state index is 12.7. The van der Waals surface area contributed by atoms with Crippen LogP contribution in [-0.4, -0.2) is 19.0 Å². The first kappa shape index (κ1) is 13.3. The van der Waals surface area contributed by atoms with Crippen molar-refractivity contribution in [3.63, 3.8) is 0 Å². The largest absolute Gasteiger partial charge is 0.469 e. The van der Waals surface area contributed by atoms with Gasteiger partial charge in [0, 0.05) is 18.7 Å². The van der Waals surface area contributed by atoms with Crippen LogP contribution in [0, 0.1) is 5.82 Å². The van der Waals surface area contributed by atoms with Gasteiger partial charge < -0.3 is 15.1 Å². The maximum atomic E-state index is 12.7. The predicted octanol–water partition coefficient (Wildman–Crippen LogP) is 2.19. The molecule has 0 bridgehead atoms. The number of benzene rings is 1. The van der Waals surface area contributed by atoms with E-state index in [0.717, 1.165) is 12.2 Å². The molecular weight excluding hydrogens is 247 g/mol. The van der Waals surface area contributed by atoms with Gasteiger partial charge in [-0.2, -0.15) is 0 Å². The summed E-state index contributed by atoms with van der Waals surface area (Å²) in [6, 6.07) is 9.38. The summed E-state index contributed by atoms with van der Waals surface area (Å²) in [4.78, 5) is 11.6. The molecule has 0 aliphatic heterocycles. The molecule has 0 aliphatic carbocycles. The van der Waals surface area contributed by atoms with Crippen LogP contribution in [0.15, 0.2) is 47.1 Å². The summed E-state index contributed by atoms with van der Waals surface area (Å²) in [7, 11) is 0. The van der Waals surface area contributed by atoms with E-state index >= 15 is 0 Å². The van der Waals surface area contributed by atoms with Gasteiger partial charge in [0.2, 0.25) is 5.91 Å². The molecule has 0 unspecified atom stereocenters. The summed E-state index contributed by atoms with van der Waals surface area (Å²) in [6.45, 7) is 0.864. The van der Waals surface area contributed by atoms with E-state index < -0.39 is 0 Å². The number of halogens is 1. The van der Waals surface area contributed by atoms with E-state index in [1.807, 2.05) is 12.1 Å². The number of furan rings is 1. The lowest BCUT2D eigenvalue weighted by atomic mass is 10.3. The van der Waals surface area contributed by atoms with Gasteiger partial charge in [0.15, 0.2) is 0 Å². The van der Waals surface area contributed by atoms with E-state index in [0.29, 0.717) is 12.2 Å². The number of anilines is 1. The van der Waals surface area contributed by atoms with E-state index in [9.17, 15) is 9.18 Å². The highest BCUT2D eigenvalue weighted by Gasteiger charge is 2.02. The number of carbonyl (C=O) groups is 1. The molecule has 1 heterocycles. The van der Waals surface area contributed by atoms with Crippen molar-refractivity contribution >= 4 is 11.6 Å². The fourth-order valence-corrected chi connectivity index (χ4v) is 1.61. The number of rotatable bonds is 6. The fourth-order valence-electron chi connectivity index (χ4n) is 1.61. The van der Waals surface area contributed by atoms with Crippen LogP contribution in [0.25, 0.3) is 0 Å². The molecular formula is C14H15FN2O2. The quantitative estimate of drug-likeness (QED) is 0.785. The highest BCUT2D eigenvalue weighted by atomic mass is 19.1. The van der Waals surface area contributed by atoms with Gasteiger partial charge in [-0.1, -0.05) is 0 Å². The van der Waals surface area contributed by atoms with Crippen molar-refractivity contribution < 1.29 is 13.6 Å². The fraction of sp³-hybridized carbons (Fsp3) is 0.214. The molecule has 1 aromatic heterocycles.